The third-order valence-electron chi connectivity index (χ3n) is 5.06. The van der Waals surface area contributed by atoms with E-state index in [4.69, 9.17) is 0 Å². The Bertz CT molecular complexity index is 1150. The van der Waals surface area contributed by atoms with Crippen molar-refractivity contribution in [1.29, 1.82) is 0 Å². The predicted octanol–water partition coefficient (Wildman–Crippen LogP) is 5.52. The summed E-state index contributed by atoms with van der Waals surface area (Å²) in [6.07, 6.45) is 0.664. The largest absolute Gasteiger partial charge is 0.479 e. The average Bonchev–Trinajstić information content (AvgIpc) is 2.64. The first kappa shape index (κ1) is 31.1. The molecular weight excluding hydrogens is 528 g/mol. The van der Waals surface area contributed by atoms with Gasteiger partial charge in [-0.1, -0.05) is 53.7 Å². The van der Waals surface area contributed by atoms with Crippen LogP contribution in [0.1, 0.15) is 59.4 Å². The second-order valence-electron chi connectivity index (χ2n) is 10.3. The summed E-state index contributed by atoms with van der Waals surface area (Å²) in [7, 11) is -13.9. The molecule has 1 atom stereocenters. The molecule has 0 saturated heterocycles. The molecule has 0 aromatic heterocycles. The fourth-order valence-corrected chi connectivity index (χ4v) is 4.87. The Kier molecular flexibility index (Phi) is 8.18. The molecule has 0 saturated carbocycles. The predicted molar refractivity (Wildman–Crippen MR) is 116 cm³/mol. The van der Waals surface area contributed by atoms with Gasteiger partial charge in [-0.15, -0.1) is 0 Å². The quantitative estimate of drug-likeness (QED) is 0.226. The van der Waals surface area contributed by atoms with Crippen LogP contribution in [0.15, 0.2) is 24.3 Å². The van der Waals surface area contributed by atoms with Gasteiger partial charge in [-0.05, 0) is 40.9 Å². The third-order valence-corrected chi connectivity index (χ3v) is 7.94. The number of nitrogens with zero attached hydrogens (tertiary/aromatic N) is 1. The molecule has 7 nitrogen and oxygen atoms in total. The van der Waals surface area contributed by atoms with E-state index in [9.17, 15) is 48.1 Å². The van der Waals surface area contributed by atoms with Gasteiger partial charge in [-0.2, -0.15) is 43.2 Å². The van der Waals surface area contributed by atoms with Gasteiger partial charge >= 0.3 is 36.6 Å². The van der Waals surface area contributed by atoms with Crippen molar-refractivity contribution in [3.05, 3.63) is 34.7 Å². The van der Waals surface area contributed by atoms with Crippen LogP contribution in [0.25, 0.3) is 0 Å². The maximum Gasteiger partial charge on any atom is 0.479 e. The number of halogens is 6. The molecule has 202 valence electrons. The van der Waals surface area contributed by atoms with E-state index in [1.54, 1.807) is 0 Å². The third kappa shape index (κ3) is 5.92. The second-order valence-corrected chi connectivity index (χ2v) is 13.9. The van der Waals surface area contributed by atoms with E-state index < -0.39 is 46.5 Å². The van der Waals surface area contributed by atoms with Crippen molar-refractivity contribution in [2.24, 2.45) is 10.8 Å². The molecule has 1 unspecified atom stereocenters. The molecular formula is C20H28F6NO6S2+. The molecule has 35 heavy (non-hydrogen) atoms. The standard InChI is InChI=1S/C20H28F6NO6S2/c1-16(2,3)12-15(17(4,5)6)13-8-10-14(11-9-13)33-35(31,32)20(25,26)18(21,22)19(23,24)34(29,30)27(7)28/h8-11,15H,12H2,1-7H3/q+1. The first-order valence-electron chi connectivity index (χ1n) is 10.1. The number of alkyl halides is 6. The fourth-order valence-electron chi connectivity index (χ4n) is 3.12. The van der Waals surface area contributed by atoms with Crippen molar-refractivity contribution in [3.8, 4) is 5.75 Å². The molecule has 0 heterocycles. The molecule has 0 fully saturated rings. The van der Waals surface area contributed by atoms with Crippen molar-refractivity contribution in [1.82, 2.24) is 0 Å². The van der Waals surface area contributed by atoms with E-state index in [1.165, 1.54) is 12.1 Å². The Labute approximate surface area is 200 Å². The van der Waals surface area contributed by atoms with Crippen LogP contribution in [0.2, 0.25) is 0 Å². The summed E-state index contributed by atoms with van der Waals surface area (Å²) < 4.78 is 132. The van der Waals surface area contributed by atoms with Gasteiger partial charge in [0.1, 0.15) is 9.91 Å². The SMILES string of the molecule is C[N+](=O)S(=O)(=O)C(F)(F)C(F)(F)C(F)(F)S(=O)(=O)Oc1ccc(C(CC(C)(C)C)C(C)(C)C)cc1. The van der Waals surface area contributed by atoms with Crippen molar-refractivity contribution in [3.63, 3.8) is 0 Å². The topological polar surface area (TPSA) is 97.6 Å². The molecule has 1 aromatic carbocycles. The van der Waals surface area contributed by atoms with Gasteiger partial charge in [-0.25, -0.2) is 0 Å². The van der Waals surface area contributed by atoms with Gasteiger partial charge in [0.25, 0.3) is 0 Å². The maximum atomic E-state index is 14.2. The molecule has 1 aromatic rings. The fraction of sp³-hybridized carbons (Fsp3) is 0.700. The van der Waals surface area contributed by atoms with Crippen molar-refractivity contribution in [2.45, 2.75) is 70.3 Å². The van der Waals surface area contributed by atoms with Crippen LogP contribution in [0.3, 0.4) is 0 Å². The van der Waals surface area contributed by atoms with Gasteiger partial charge in [0.2, 0.25) is 7.05 Å². The number of sulfonamides is 1. The van der Waals surface area contributed by atoms with E-state index in [1.807, 2.05) is 41.5 Å². The average molecular weight is 557 g/mol. The molecule has 0 spiro atoms. The minimum absolute atomic E-state index is 0.105. The lowest BCUT2D eigenvalue weighted by Crippen LogP contribution is -2.62. The Morgan fingerprint density at radius 2 is 1.26 bits per heavy atom. The van der Waals surface area contributed by atoms with Crippen molar-refractivity contribution >= 4 is 20.1 Å². The van der Waals surface area contributed by atoms with Crippen LogP contribution >= 0.6 is 0 Å². The second kappa shape index (κ2) is 9.20. The zero-order valence-electron chi connectivity index (χ0n) is 20.1. The number of hydrogen-bond donors (Lipinski definition) is 0. The number of rotatable bonds is 9. The lowest BCUT2D eigenvalue weighted by molar-refractivity contribution is -0.369. The van der Waals surface area contributed by atoms with Crippen LogP contribution in [0.5, 0.6) is 5.75 Å². The van der Waals surface area contributed by atoms with Gasteiger partial charge in [0, 0.05) is 4.91 Å². The lowest BCUT2D eigenvalue weighted by atomic mass is 9.69. The van der Waals surface area contributed by atoms with Crippen LogP contribution in [0, 0.1) is 15.7 Å². The normalized spacial score (nSPS) is 15.6. The molecule has 0 aliphatic heterocycles. The molecule has 0 aliphatic rings. The van der Waals surface area contributed by atoms with E-state index in [-0.39, 0.29) is 23.8 Å². The van der Waals surface area contributed by atoms with Crippen LogP contribution in [0.4, 0.5) is 26.3 Å². The molecule has 0 amide bonds. The monoisotopic (exact) mass is 556 g/mol. The molecule has 0 N–H and O–H groups in total. The Hall–Kier alpha value is -1.90. The van der Waals surface area contributed by atoms with E-state index in [0.717, 1.165) is 12.1 Å². The maximum absolute atomic E-state index is 14.2. The minimum atomic E-state index is -7.07. The van der Waals surface area contributed by atoms with Gasteiger partial charge in [0.15, 0.2) is 0 Å². The summed E-state index contributed by atoms with van der Waals surface area (Å²) in [5, 5.41) is -13.5. The summed E-state index contributed by atoms with van der Waals surface area (Å²) in [5.41, 5.74) is 0.224. The molecule has 0 aliphatic carbocycles. The van der Waals surface area contributed by atoms with Gasteiger partial charge in [0.05, 0.1) is 0 Å². The van der Waals surface area contributed by atoms with Crippen molar-refractivity contribution in [2.75, 3.05) is 7.05 Å². The summed E-state index contributed by atoms with van der Waals surface area (Å²) in [4.78, 5) is 10.8. The molecule has 0 radical (unpaired) electrons. The lowest BCUT2D eigenvalue weighted by Gasteiger charge is -2.36. The number of nitroso groups, excluding NO2 is 1. The summed E-state index contributed by atoms with van der Waals surface area (Å²) in [6.45, 7) is 11.8. The van der Waals surface area contributed by atoms with Crippen molar-refractivity contribution < 1.29 is 51.5 Å². The van der Waals surface area contributed by atoms with E-state index in [2.05, 4.69) is 4.18 Å². The van der Waals surface area contributed by atoms with E-state index >= 15 is 0 Å². The zero-order valence-corrected chi connectivity index (χ0v) is 21.7. The van der Waals surface area contributed by atoms with Crippen LogP contribution in [-0.4, -0.2) is 44.5 Å². The first-order valence-corrected chi connectivity index (χ1v) is 12.9. The number of benzene rings is 1. The molecule has 0 bridgehead atoms. The highest BCUT2D eigenvalue weighted by Gasteiger charge is 2.86. The smallest absolute Gasteiger partial charge is 0.378 e. The highest BCUT2D eigenvalue weighted by atomic mass is 32.2. The minimum Gasteiger partial charge on any atom is -0.378 e. The summed E-state index contributed by atoms with van der Waals surface area (Å²) >= 11 is 0. The van der Waals surface area contributed by atoms with Crippen LogP contribution in [-0.2, 0) is 20.1 Å². The Morgan fingerprint density at radius 1 is 0.829 bits per heavy atom. The number of hydrogen-bond acceptors (Lipinski definition) is 6. The van der Waals surface area contributed by atoms with Crippen LogP contribution < -0.4 is 4.18 Å². The van der Waals surface area contributed by atoms with E-state index in [0.29, 0.717) is 12.0 Å². The summed E-state index contributed by atoms with van der Waals surface area (Å²) in [5.74, 6) is -8.08. The highest BCUT2D eigenvalue weighted by Crippen LogP contribution is 2.51. The summed E-state index contributed by atoms with van der Waals surface area (Å²) in [6, 6.07) is 4.38. The van der Waals surface area contributed by atoms with Gasteiger partial charge in [-0.3, -0.25) is 0 Å². The van der Waals surface area contributed by atoms with Gasteiger partial charge < -0.3 is 4.18 Å². The highest BCUT2D eigenvalue weighted by molar-refractivity contribution is 7.88. The first-order chi connectivity index (χ1) is 15.2. The Balaban J connectivity index is 3.39. The zero-order chi connectivity index (χ0) is 28.1. The Morgan fingerprint density at radius 3 is 1.60 bits per heavy atom. The molecule has 1 rings (SSSR count). The molecule has 15 heteroatoms.